The third kappa shape index (κ3) is 5.18. The molecular weight excluding hydrogens is 404 g/mol. The van der Waals surface area contributed by atoms with Crippen LogP contribution >= 0.6 is 0 Å². The van der Waals surface area contributed by atoms with Gasteiger partial charge in [0.15, 0.2) is 6.10 Å². The van der Waals surface area contributed by atoms with E-state index in [0.29, 0.717) is 5.82 Å². The van der Waals surface area contributed by atoms with E-state index < -0.39 is 6.10 Å². The Bertz CT molecular complexity index is 1010. The van der Waals surface area contributed by atoms with Crippen molar-refractivity contribution in [3.05, 3.63) is 78.0 Å². The van der Waals surface area contributed by atoms with Gasteiger partial charge in [0.05, 0.1) is 19.3 Å². The maximum Gasteiger partial charge on any atom is 0.259 e. The molecule has 2 aromatic carbocycles. The molecule has 0 aliphatic carbocycles. The lowest BCUT2D eigenvalue weighted by atomic mass is 10.0. The van der Waals surface area contributed by atoms with Crippen LogP contribution in [-0.2, 0) is 16.1 Å². The van der Waals surface area contributed by atoms with Gasteiger partial charge in [-0.2, -0.15) is 5.10 Å². The predicted octanol–water partition coefficient (Wildman–Crippen LogP) is 4.06. The third-order valence-electron chi connectivity index (χ3n) is 5.94. The molecule has 0 radical (unpaired) electrons. The molecule has 3 aromatic rings. The van der Waals surface area contributed by atoms with Gasteiger partial charge < -0.3 is 14.8 Å². The highest BCUT2D eigenvalue weighted by molar-refractivity contribution is 5.94. The first-order chi connectivity index (χ1) is 15.7. The number of hydrogen-bond donors (Lipinski definition) is 1. The summed E-state index contributed by atoms with van der Waals surface area (Å²) in [5, 5.41) is 7.52. The molecule has 0 spiro atoms. The fraction of sp³-hybridized carbons (Fsp3) is 0.360. The molecular formula is C25H30N4O3. The Balaban J connectivity index is 1.36. The molecule has 0 saturated carbocycles. The van der Waals surface area contributed by atoms with Crippen LogP contribution in [0.1, 0.15) is 36.1 Å². The highest BCUT2D eigenvalue weighted by atomic mass is 16.5. The molecule has 4 rings (SSSR count). The van der Waals surface area contributed by atoms with Gasteiger partial charge in [0.2, 0.25) is 0 Å². The molecule has 1 aliphatic rings. The van der Waals surface area contributed by atoms with E-state index in [2.05, 4.69) is 27.4 Å². The van der Waals surface area contributed by atoms with Crippen molar-refractivity contribution in [3.8, 4) is 5.75 Å². The number of nitrogens with one attached hydrogen (secondary N) is 1. The third-order valence-corrected chi connectivity index (χ3v) is 5.94. The average molecular weight is 435 g/mol. The van der Waals surface area contributed by atoms with Crippen molar-refractivity contribution < 1.29 is 14.3 Å². The molecule has 1 aliphatic heterocycles. The first-order valence-corrected chi connectivity index (χ1v) is 11.0. The SMILES string of the molecule is COc1cccc(CN2CCC(n3nccc3NC(=O)C(OC)c3ccccc3)CC2)c1. The van der Waals surface area contributed by atoms with Crippen LogP contribution in [0.2, 0.25) is 0 Å². The summed E-state index contributed by atoms with van der Waals surface area (Å²) in [4.78, 5) is 15.3. The van der Waals surface area contributed by atoms with Gasteiger partial charge in [-0.25, -0.2) is 4.68 Å². The summed E-state index contributed by atoms with van der Waals surface area (Å²) in [5.74, 6) is 1.40. The fourth-order valence-electron chi connectivity index (χ4n) is 4.27. The minimum absolute atomic E-state index is 0.198. The largest absolute Gasteiger partial charge is 0.497 e. The standard InChI is InChI=1S/C25H30N4O3/c1-31-22-10-6-7-19(17-22)18-28-15-12-21(13-16-28)29-23(11-14-26-29)27-25(30)24(32-2)20-8-4-3-5-9-20/h3-11,14,17,21,24H,12-13,15-16,18H2,1-2H3,(H,27,30). The highest BCUT2D eigenvalue weighted by Gasteiger charge is 2.25. The lowest BCUT2D eigenvalue weighted by Crippen LogP contribution is -2.35. The number of amides is 1. The number of nitrogens with zero attached hydrogens (tertiary/aromatic N) is 3. The zero-order valence-corrected chi connectivity index (χ0v) is 18.6. The molecule has 1 fully saturated rings. The van der Waals surface area contributed by atoms with E-state index in [1.54, 1.807) is 20.4 Å². The molecule has 1 amide bonds. The van der Waals surface area contributed by atoms with Crippen molar-refractivity contribution in [2.45, 2.75) is 31.5 Å². The Morgan fingerprint density at radius 1 is 1.09 bits per heavy atom. The smallest absolute Gasteiger partial charge is 0.259 e. The van der Waals surface area contributed by atoms with E-state index in [0.717, 1.165) is 43.8 Å². The summed E-state index contributed by atoms with van der Waals surface area (Å²) in [7, 11) is 3.24. The number of aromatic nitrogens is 2. The molecule has 7 nitrogen and oxygen atoms in total. The number of piperidine rings is 1. The number of carbonyl (C=O) groups is 1. The van der Waals surface area contributed by atoms with Crippen LogP contribution in [0.5, 0.6) is 5.75 Å². The second kappa shape index (κ2) is 10.4. The maximum absolute atomic E-state index is 12.9. The lowest BCUT2D eigenvalue weighted by Gasteiger charge is -2.32. The Kier molecular flexibility index (Phi) is 7.19. The quantitative estimate of drug-likeness (QED) is 0.579. The average Bonchev–Trinajstić information content (AvgIpc) is 3.29. The summed E-state index contributed by atoms with van der Waals surface area (Å²) < 4.78 is 12.7. The van der Waals surface area contributed by atoms with Gasteiger partial charge in [-0.15, -0.1) is 0 Å². The zero-order chi connectivity index (χ0) is 22.3. The molecule has 32 heavy (non-hydrogen) atoms. The summed E-state index contributed by atoms with van der Waals surface area (Å²) in [6.45, 7) is 2.85. The monoisotopic (exact) mass is 434 g/mol. The van der Waals surface area contributed by atoms with Crippen molar-refractivity contribution >= 4 is 11.7 Å². The van der Waals surface area contributed by atoms with E-state index in [-0.39, 0.29) is 11.9 Å². The Labute approximate surface area is 188 Å². The van der Waals surface area contributed by atoms with Crippen molar-refractivity contribution in [1.82, 2.24) is 14.7 Å². The van der Waals surface area contributed by atoms with E-state index in [9.17, 15) is 4.79 Å². The molecule has 1 N–H and O–H groups in total. The van der Waals surface area contributed by atoms with Crippen LogP contribution in [0.25, 0.3) is 0 Å². The summed E-state index contributed by atoms with van der Waals surface area (Å²) in [6, 6.07) is 19.8. The fourth-order valence-corrected chi connectivity index (χ4v) is 4.27. The summed E-state index contributed by atoms with van der Waals surface area (Å²) >= 11 is 0. The topological polar surface area (TPSA) is 68.6 Å². The number of benzene rings is 2. The molecule has 0 bridgehead atoms. The number of rotatable bonds is 8. The van der Waals surface area contributed by atoms with Crippen molar-refractivity contribution in [1.29, 1.82) is 0 Å². The molecule has 1 atom stereocenters. The molecule has 7 heteroatoms. The van der Waals surface area contributed by atoms with Crippen LogP contribution in [0.3, 0.4) is 0 Å². The van der Waals surface area contributed by atoms with Gasteiger partial charge in [0.1, 0.15) is 11.6 Å². The zero-order valence-electron chi connectivity index (χ0n) is 18.6. The highest BCUT2D eigenvalue weighted by Crippen LogP contribution is 2.27. The van der Waals surface area contributed by atoms with Crippen LogP contribution in [-0.4, -0.2) is 47.9 Å². The van der Waals surface area contributed by atoms with Gasteiger partial charge in [0.25, 0.3) is 5.91 Å². The minimum Gasteiger partial charge on any atom is -0.497 e. The maximum atomic E-state index is 12.9. The number of anilines is 1. The number of methoxy groups -OCH3 is 2. The summed E-state index contributed by atoms with van der Waals surface area (Å²) in [6.07, 6.45) is 3.02. The molecule has 1 unspecified atom stereocenters. The van der Waals surface area contributed by atoms with Gasteiger partial charge in [-0.05, 0) is 36.1 Å². The Morgan fingerprint density at radius 2 is 1.88 bits per heavy atom. The van der Waals surface area contributed by atoms with Crippen LogP contribution in [0, 0.1) is 0 Å². The second-order valence-corrected chi connectivity index (χ2v) is 8.04. The number of hydrogen-bond acceptors (Lipinski definition) is 5. The van der Waals surface area contributed by atoms with E-state index in [4.69, 9.17) is 9.47 Å². The molecule has 1 aromatic heterocycles. The van der Waals surface area contributed by atoms with Gasteiger partial charge >= 0.3 is 0 Å². The predicted molar refractivity (Wildman–Crippen MR) is 124 cm³/mol. The van der Waals surface area contributed by atoms with E-state index in [1.807, 2.05) is 53.2 Å². The van der Waals surface area contributed by atoms with Gasteiger partial charge in [-0.3, -0.25) is 9.69 Å². The lowest BCUT2D eigenvalue weighted by molar-refractivity contribution is -0.126. The van der Waals surface area contributed by atoms with E-state index in [1.165, 1.54) is 5.56 Å². The van der Waals surface area contributed by atoms with Crippen LogP contribution < -0.4 is 10.1 Å². The second-order valence-electron chi connectivity index (χ2n) is 8.04. The van der Waals surface area contributed by atoms with Crippen molar-refractivity contribution in [2.75, 3.05) is 32.6 Å². The molecule has 168 valence electrons. The van der Waals surface area contributed by atoms with E-state index >= 15 is 0 Å². The van der Waals surface area contributed by atoms with Gasteiger partial charge in [0, 0.05) is 32.8 Å². The number of likely N-dealkylation sites (tertiary alicyclic amines) is 1. The van der Waals surface area contributed by atoms with Crippen molar-refractivity contribution in [3.63, 3.8) is 0 Å². The first-order valence-electron chi connectivity index (χ1n) is 11.0. The van der Waals surface area contributed by atoms with Crippen molar-refractivity contribution in [2.24, 2.45) is 0 Å². The normalized spacial score (nSPS) is 15.9. The minimum atomic E-state index is -0.663. The summed E-state index contributed by atoms with van der Waals surface area (Å²) in [5.41, 5.74) is 2.07. The molecule has 2 heterocycles. The van der Waals surface area contributed by atoms with Crippen LogP contribution in [0.4, 0.5) is 5.82 Å². The molecule has 1 saturated heterocycles. The first kappa shape index (κ1) is 22.0. The number of carbonyl (C=O) groups excluding carboxylic acids is 1. The Hall–Kier alpha value is -3.16. The number of ether oxygens (including phenoxy) is 2. The van der Waals surface area contributed by atoms with Gasteiger partial charge in [-0.1, -0.05) is 42.5 Å². The van der Waals surface area contributed by atoms with Crippen LogP contribution in [0.15, 0.2) is 66.9 Å². The Morgan fingerprint density at radius 3 is 2.59 bits per heavy atom.